The van der Waals surface area contributed by atoms with Gasteiger partial charge in [0.25, 0.3) is 0 Å². The van der Waals surface area contributed by atoms with Crippen LogP contribution in [-0.2, 0) is 15.8 Å². The summed E-state index contributed by atoms with van der Waals surface area (Å²) in [4.78, 5) is 24.3. The summed E-state index contributed by atoms with van der Waals surface area (Å²) in [5.41, 5.74) is -1.09. The summed E-state index contributed by atoms with van der Waals surface area (Å²) in [5.74, 6) is -1.56. The van der Waals surface area contributed by atoms with Crippen molar-refractivity contribution in [1.29, 1.82) is 5.26 Å². The molecule has 2 rings (SSSR count). The molecule has 0 aliphatic rings. The number of aromatic nitrogens is 2. The predicted octanol–water partition coefficient (Wildman–Crippen LogP) is 3.32. The fourth-order valence-corrected chi connectivity index (χ4v) is 2.45. The van der Waals surface area contributed by atoms with Crippen LogP contribution in [0.2, 0.25) is 5.02 Å². The zero-order chi connectivity index (χ0) is 18.9. The molecule has 0 saturated heterocycles. The molecule has 0 atom stereocenters. The fourth-order valence-electron chi connectivity index (χ4n) is 2.19. The normalized spacial score (nSPS) is 11.1. The van der Waals surface area contributed by atoms with Crippen LogP contribution in [0.3, 0.4) is 0 Å². The van der Waals surface area contributed by atoms with E-state index in [0.29, 0.717) is 11.0 Å². The predicted molar refractivity (Wildman–Crippen MR) is 82.1 cm³/mol. The van der Waals surface area contributed by atoms with Crippen molar-refractivity contribution in [3.05, 3.63) is 40.5 Å². The molecular weight excluding hydrogens is 361 g/mol. The smallest absolute Gasteiger partial charge is 0.274 e. The van der Waals surface area contributed by atoms with Crippen molar-refractivity contribution in [2.24, 2.45) is 0 Å². The van der Waals surface area contributed by atoms with Crippen LogP contribution in [0.15, 0.2) is 24.4 Å². The van der Waals surface area contributed by atoms with E-state index in [0.717, 1.165) is 36.9 Å². The van der Waals surface area contributed by atoms with E-state index >= 15 is 0 Å². The summed E-state index contributed by atoms with van der Waals surface area (Å²) < 4.78 is 39.3. The molecule has 0 unspecified atom stereocenters. The Hall–Kier alpha value is -2.86. The Morgan fingerprint density at radius 1 is 1.28 bits per heavy atom. The number of hydrogen-bond donors (Lipinski definition) is 0. The van der Waals surface area contributed by atoms with Crippen molar-refractivity contribution in [1.82, 2.24) is 9.78 Å². The van der Waals surface area contributed by atoms with Crippen LogP contribution in [-0.4, -0.2) is 21.6 Å². The Labute approximate surface area is 145 Å². The highest BCUT2D eigenvalue weighted by Gasteiger charge is 2.32. The fraction of sp³-hybridized carbons (Fsp3) is 0.200. The molecule has 1 aromatic carbocycles. The maximum atomic E-state index is 12.8. The van der Waals surface area contributed by atoms with Gasteiger partial charge in [0, 0.05) is 13.8 Å². The zero-order valence-electron chi connectivity index (χ0n) is 12.9. The molecule has 1 aromatic heterocycles. The summed E-state index contributed by atoms with van der Waals surface area (Å²) in [5, 5.41) is 12.7. The molecular formula is C15H10ClF3N4O2. The number of hydrogen-bond acceptors (Lipinski definition) is 4. The highest BCUT2D eigenvalue weighted by atomic mass is 35.5. The molecule has 2 amide bonds. The van der Waals surface area contributed by atoms with Gasteiger partial charge in [-0.3, -0.25) is 9.59 Å². The van der Waals surface area contributed by atoms with Crippen molar-refractivity contribution < 1.29 is 22.8 Å². The van der Waals surface area contributed by atoms with Crippen LogP contribution in [0.25, 0.3) is 5.69 Å². The molecule has 1 heterocycles. The monoisotopic (exact) mass is 370 g/mol. The number of amides is 2. The minimum Gasteiger partial charge on any atom is -0.274 e. The Kier molecular flexibility index (Phi) is 4.85. The number of anilines is 1. The molecule has 6 nitrogen and oxygen atoms in total. The molecule has 0 spiro atoms. The Balaban J connectivity index is 2.70. The first kappa shape index (κ1) is 18.5. The number of nitrogens with zero attached hydrogens (tertiary/aromatic N) is 4. The van der Waals surface area contributed by atoms with Gasteiger partial charge in [0.05, 0.1) is 22.5 Å². The van der Waals surface area contributed by atoms with E-state index < -0.39 is 23.6 Å². The van der Waals surface area contributed by atoms with Gasteiger partial charge in [0.2, 0.25) is 11.8 Å². The van der Waals surface area contributed by atoms with E-state index in [2.05, 4.69) is 5.10 Å². The second-order valence-electron chi connectivity index (χ2n) is 4.94. The average Bonchev–Trinajstić information content (AvgIpc) is 2.89. The minimum absolute atomic E-state index is 0.0151. The number of nitriles is 1. The van der Waals surface area contributed by atoms with Crippen LogP contribution in [0.1, 0.15) is 25.0 Å². The maximum Gasteiger partial charge on any atom is 0.416 e. The number of imide groups is 1. The van der Waals surface area contributed by atoms with Crippen molar-refractivity contribution >= 4 is 29.2 Å². The maximum absolute atomic E-state index is 12.8. The first-order chi connectivity index (χ1) is 11.6. The molecule has 0 aliphatic heterocycles. The lowest BCUT2D eigenvalue weighted by Gasteiger charge is -2.19. The molecule has 0 N–H and O–H groups in total. The first-order valence-corrected chi connectivity index (χ1v) is 7.12. The van der Waals surface area contributed by atoms with E-state index in [1.54, 1.807) is 6.07 Å². The van der Waals surface area contributed by atoms with E-state index in [1.165, 1.54) is 0 Å². The van der Waals surface area contributed by atoms with Gasteiger partial charge in [0.15, 0.2) is 5.82 Å². The molecule has 10 heteroatoms. The van der Waals surface area contributed by atoms with Crippen LogP contribution < -0.4 is 4.90 Å². The largest absolute Gasteiger partial charge is 0.416 e. The molecule has 0 aliphatic carbocycles. The van der Waals surface area contributed by atoms with Gasteiger partial charge in [-0.05, 0) is 18.2 Å². The number of rotatable bonds is 2. The third-order valence-corrected chi connectivity index (χ3v) is 3.51. The lowest BCUT2D eigenvalue weighted by atomic mass is 10.2. The van der Waals surface area contributed by atoms with Crippen molar-refractivity contribution in [3.8, 4) is 11.8 Å². The summed E-state index contributed by atoms with van der Waals surface area (Å²) >= 11 is 5.93. The lowest BCUT2D eigenvalue weighted by Crippen LogP contribution is -2.35. The Morgan fingerprint density at radius 3 is 2.32 bits per heavy atom. The van der Waals surface area contributed by atoms with Crippen LogP contribution in [0.5, 0.6) is 0 Å². The number of alkyl halides is 3. The van der Waals surface area contributed by atoms with Gasteiger partial charge in [0.1, 0.15) is 11.6 Å². The summed E-state index contributed by atoms with van der Waals surface area (Å²) in [7, 11) is 0. The summed E-state index contributed by atoms with van der Waals surface area (Å²) in [6.45, 7) is 2.21. The van der Waals surface area contributed by atoms with Gasteiger partial charge in [-0.2, -0.15) is 23.5 Å². The third-order valence-electron chi connectivity index (χ3n) is 3.21. The third kappa shape index (κ3) is 3.49. The molecule has 2 aromatic rings. The van der Waals surface area contributed by atoms with Crippen LogP contribution in [0, 0.1) is 11.3 Å². The Bertz CT molecular complexity index is 885. The van der Waals surface area contributed by atoms with Crippen molar-refractivity contribution in [2.45, 2.75) is 20.0 Å². The van der Waals surface area contributed by atoms with E-state index in [-0.39, 0.29) is 22.1 Å². The molecule has 130 valence electrons. The molecule has 0 bridgehead atoms. The second kappa shape index (κ2) is 6.57. The van der Waals surface area contributed by atoms with Gasteiger partial charge in [-0.15, -0.1) is 0 Å². The minimum atomic E-state index is -4.59. The summed E-state index contributed by atoms with van der Waals surface area (Å²) in [6, 6.07) is 4.30. The van der Waals surface area contributed by atoms with Crippen LogP contribution >= 0.6 is 11.6 Å². The van der Waals surface area contributed by atoms with Crippen molar-refractivity contribution in [2.75, 3.05) is 4.90 Å². The van der Waals surface area contributed by atoms with Gasteiger partial charge < -0.3 is 0 Å². The highest BCUT2D eigenvalue weighted by molar-refractivity contribution is 6.32. The van der Waals surface area contributed by atoms with E-state index in [9.17, 15) is 28.0 Å². The number of benzene rings is 1. The number of halogens is 4. The lowest BCUT2D eigenvalue weighted by molar-refractivity contribution is -0.137. The van der Waals surface area contributed by atoms with Gasteiger partial charge in [-0.1, -0.05) is 11.6 Å². The Morgan fingerprint density at radius 2 is 1.88 bits per heavy atom. The highest BCUT2D eigenvalue weighted by Crippen LogP contribution is 2.34. The number of carbonyl (C=O) groups is 2. The standard InChI is InChI=1S/C15H10ClF3N4O2/c1-8(24)22(9(2)25)14-10(6-20)7-21-23(14)13-4-3-11(5-12(13)16)15(17,18)19/h3-5,7H,1-2H3. The quantitative estimate of drug-likeness (QED) is 0.812. The van der Waals surface area contributed by atoms with Gasteiger partial charge >= 0.3 is 6.18 Å². The molecule has 0 fully saturated rings. The SMILES string of the molecule is CC(=O)N(C(C)=O)c1c(C#N)cnn1-c1ccc(C(F)(F)F)cc1Cl. The van der Waals surface area contributed by atoms with E-state index in [1.807, 2.05) is 0 Å². The molecule has 0 saturated carbocycles. The average molecular weight is 371 g/mol. The number of carbonyl (C=O) groups excluding carboxylic acids is 2. The summed E-state index contributed by atoms with van der Waals surface area (Å²) in [6.07, 6.45) is -3.50. The molecule has 25 heavy (non-hydrogen) atoms. The zero-order valence-corrected chi connectivity index (χ0v) is 13.7. The van der Waals surface area contributed by atoms with Crippen LogP contribution in [0.4, 0.5) is 19.0 Å². The van der Waals surface area contributed by atoms with E-state index in [4.69, 9.17) is 11.6 Å². The first-order valence-electron chi connectivity index (χ1n) is 6.74. The van der Waals surface area contributed by atoms with Crippen molar-refractivity contribution in [3.63, 3.8) is 0 Å². The topological polar surface area (TPSA) is 79.0 Å². The molecule has 0 radical (unpaired) electrons. The van der Waals surface area contributed by atoms with Gasteiger partial charge in [-0.25, -0.2) is 9.58 Å². The second-order valence-corrected chi connectivity index (χ2v) is 5.35.